The van der Waals surface area contributed by atoms with Crippen LogP contribution in [0.25, 0.3) is 0 Å². The van der Waals surface area contributed by atoms with Gasteiger partial charge in [-0.3, -0.25) is 0 Å². The van der Waals surface area contributed by atoms with Gasteiger partial charge in [0, 0.05) is 11.4 Å². The summed E-state index contributed by atoms with van der Waals surface area (Å²) in [4.78, 5) is 16.8. The summed E-state index contributed by atoms with van der Waals surface area (Å²) in [5.74, 6) is -0.119. The number of ether oxygens (including phenoxy) is 1. The van der Waals surface area contributed by atoms with E-state index in [2.05, 4.69) is 27.0 Å². The van der Waals surface area contributed by atoms with Crippen molar-refractivity contribution in [2.45, 2.75) is 19.9 Å². The lowest BCUT2D eigenvalue weighted by atomic mass is 10.3. The molecular weight excluding hydrogens is 330 g/mol. The van der Waals surface area contributed by atoms with E-state index in [1.54, 1.807) is 29.2 Å². The molecule has 2 aromatic rings. The van der Waals surface area contributed by atoms with Crippen LogP contribution in [0.2, 0.25) is 0 Å². The van der Waals surface area contributed by atoms with Crippen molar-refractivity contribution in [2.24, 2.45) is 0 Å². The molecule has 0 saturated carbocycles. The quantitative estimate of drug-likeness (QED) is 0.847. The van der Waals surface area contributed by atoms with Gasteiger partial charge < -0.3 is 15.0 Å². The third kappa shape index (κ3) is 3.36. The predicted octanol–water partition coefficient (Wildman–Crippen LogP) is 2.71. The number of nitrogens with two attached hydrogens (primary N) is 1. The molecule has 0 spiro atoms. The number of nitrogen functional groups attached to an aromatic ring is 1. The van der Waals surface area contributed by atoms with Crippen LogP contribution in [0.3, 0.4) is 0 Å². The van der Waals surface area contributed by atoms with Gasteiger partial charge in [-0.15, -0.1) is 11.3 Å². The first-order valence-corrected chi connectivity index (χ1v) is 7.44. The molecule has 0 unspecified atom stereocenters. The fraction of sp³-hybridized carbons (Fsp3) is 0.333. The summed E-state index contributed by atoms with van der Waals surface area (Å²) in [7, 11) is 0. The summed E-state index contributed by atoms with van der Waals surface area (Å²) < 4.78 is 7.76. The fourth-order valence-electron chi connectivity index (χ4n) is 1.64. The standard InChI is InChI=1S/C12H14BrN3O2S/c1-2-18-12(17)10-11(14)16(7-15-10)6-5-8-3-4-9(13)19-8/h3-4,7H,2,5-6,14H2,1H3. The van der Waals surface area contributed by atoms with Gasteiger partial charge in [-0.2, -0.15) is 0 Å². The Morgan fingerprint density at radius 2 is 2.37 bits per heavy atom. The Bertz CT molecular complexity index is 579. The molecule has 0 aromatic carbocycles. The summed E-state index contributed by atoms with van der Waals surface area (Å²) >= 11 is 5.11. The maximum Gasteiger partial charge on any atom is 0.360 e. The number of thiophene rings is 1. The van der Waals surface area contributed by atoms with E-state index < -0.39 is 5.97 Å². The number of rotatable bonds is 5. The van der Waals surface area contributed by atoms with Crippen molar-refractivity contribution in [3.8, 4) is 0 Å². The number of aryl methyl sites for hydroxylation is 2. The summed E-state index contributed by atoms with van der Waals surface area (Å²) in [6.07, 6.45) is 2.42. The lowest BCUT2D eigenvalue weighted by molar-refractivity contribution is 0.0521. The topological polar surface area (TPSA) is 70.1 Å². The second-order valence-corrected chi connectivity index (χ2v) is 6.40. The monoisotopic (exact) mass is 343 g/mol. The highest BCUT2D eigenvalue weighted by Gasteiger charge is 2.16. The molecule has 0 atom stereocenters. The minimum absolute atomic E-state index is 0.189. The van der Waals surface area contributed by atoms with E-state index in [-0.39, 0.29) is 5.69 Å². The smallest absolute Gasteiger partial charge is 0.360 e. The van der Waals surface area contributed by atoms with Crippen molar-refractivity contribution in [2.75, 3.05) is 12.3 Å². The Balaban J connectivity index is 2.03. The SMILES string of the molecule is CCOC(=O)c1ncn(CCc2ccc(Br)s2)c1N. The number of carbonyl (C=O) groups excluding carboxylic acids is 1. The number of hydrogen-bond acceptors (Lipinski definition) is 5. The van der Waals surface area contributed by atoms with Crippen LogP contribution in [-0.2, 0) is 17.7 Å². The Labute approximate surface area is 123 Å². The first-order valence-electron chi connectivity index (χ1n) is 5.83. The zero-order chi connectivity index (χ0) is 13.8. The van der Waals surface area contributed by atoms with Gasteiger partial charge in [-0.1, -0.05) is 0 Å². The van der Waals surface area contributed by atoms with Gasteiger partial charge in [-0.05, 0) is 41.4 Å². The largest absolute Gasteiger partial charge is 0.461 e. The van der Waals surface area contributed by atoms with Gasteiger partial charge in [0.1, 0.15) is 5.82 Å². The number of halogens is 1. The van der Waals surface area contributed by atoms with Crippen molar-refractivity contribution in [3.63, 3.8) is 0 Å². The number of imidazole rings is 1. The molecule has 2 rings (SSSR count). The first-order chi connectivity index (χ1) is 9.11. The number of aromatic nitrogens is 2. The van der Waals surface area contributed by atoms with E-state index in [4.69, 9.17) is 10.5 Å². The van der Waals surface area contributed by atoms with Crippen molar-refractivity contribution >= 4 is 39.1 Å². The molecular formula is C12H14BrN3O2S. The highest BCUT2D eigenvalue weighted by atomic mass is 79.9. The molecule has 0 radical (unpaired) electrons. The van der Waals surface area contributed by atoms with Crippen LogP contribution in [0.4, 0.5) is 5.82 Å². The summed E-state index contributed by atoms with van der Waals surface area (Å²) in [5, 5.41) is 0. The molecule has 0 bridgehead atoms. The number of esters is 1. The molecule has 0 fully saturated rings. The van der Waals surface area contributed by atoms with Gasteiger partial charge >= 0.3 is 5.97 Å². The molecule has 0 saturated heterocycles. The van der Waals surface area contributed by atoms with Gasteiger partial charge in [0.2, 0.25) is 0 Å². The van der Waals surface area contributed by atoms with Crippen LogP contribution in [-0.4, -0.2) is 22.1 Å². The van der Waals surface area contributed by atoms with Gasteiger partial charge in [-0.25, -0.2) is 9.78 Å². The Hall–Kier alpha value is -1.34. The fourth-order valence-corrected chi connectivity index (χ4v) is 3.12. The number of carbonyl (C=O) groups is 1. The molecule has 0 aliphatic heterocycles. The maximum atomic E-state index is 11.6. The van der Waals surface area contributed by atoms with E-state index in [0.717, 1.165) is 10.2 Å². The van der Waals surface area contributed by atoms with Crippen molar-refractivity contribution in [1.29, 1.82) is 0 Å². The molecule has 7 heteroatoms. The average Bonchev–Trinajstić information content (AvgIpc) is 2.94. The van der Waals surface area contributed by atoms with Crippen LogP contribution in [0, 0.1) is 0 Å². The molecule has 102 valence electrons. The molecule has 2 aromatic heterocycles. The van der Waals surface area contributed by atoms with Crippen LogP contribution in [0.5, 0.6) is 0 Å². The molecule has 0 aliphatic rings. The van der Waals surface area contributed by atoms with E-state index in [1.807, 2.05) is 6.07 Å². The number of nitrogens with zero attached hydrogens (tertiary/aromatic N) is 2. The molecule has 2 heterocycles. The molecule has 5 nitrogen and oxygen atoms in total. The van der Waals surface area contributed by atoms with E-state index in [0.29, 0.717) is 19.0 Å². The number of anilines is 1. The second-order valence-electron chi connectivity index (χ2n) is 3.85. The van der Waals surface area contributed by atoms with Gasteiger partial charge in [0.15, 0.2) is 5.69 Å². The number of hydrogen-bond donors (Lipinski definition) is 1. The van der Waals surface area contributed by atoms with E-state index in [9.17, 15) is 4.79 Å². The molecule has 0 aliphatic carbocycles. The second kappa shape index (κ2) is 6.21. The van der Waals surface area contributed by atoms with Crippen molar-refractivity contribution in [1.82, 2.24) is 9.55 Å². The minimum atomic E-state index is -0.474. The van der Waals surface area contributed by atoms with Gasteiger partial charge in [0.25, 0.3) is 0 Å². The van der Waals surface area contributed by atoms with Crippen LogP contribution in [0.1, 0.15) is 22.3 Å². The Kier molecular flexibility index (Phi) is 4.60. The zero-order valence-corrected chi connectivity index (χ0v) is 12.8. The van der Waals surface area contributed by atoms with Crippen molar-refractivity contribution in [3.05, 3.63) is 32.8 Å². The third-order valence-electron chi connectivity index (χ3n) is 2.58. The highest BCUT2D eigenvalue weighted by Crippen LogP contribution is 2.23. The summed E-state index contributed by atoms with van der Waals surface area (Å²) in [5.41, 5.74) is 6.09. The lowest BCUT2D eigenvalue weighted by Gasteiger charge is -2.04. The molecule has 0 amide bonds. The highest BCUT2D eigenvalue weighted by molar-refractivity contribution is 9.11. The maximum absolute atomic E-state index is 11.6. The summed E-state index contributed by atoms with van der Waals surface area (Å²) in [6, 6.07) is 4.08. The normalized spacial score (nSPS) is 10.6. The Morgan fingerprint density at radius 1 is 1.58 bits per heavy atom. The third-order valence-corrected chi connectivity index (χ3v) is 4.26. The predicted molar refractivity (Wildman–Crippen MR) is 78.3 cm³/mol. The van der Waals surface area contributed by atoms with Gasteiger partial charge in [0.05, 0.1) is 16.7 Å². The van der Waals surface area contributed by atoms with Crippen LogP contribution < -0.4 is 5.73 Å². The van der Waals surface area contributed by atoms with E-state index >= 15 is 0 Å². The Morgan fingerprint density at radius 3 is 3.00 bits per heavy atom. The minimum Gasteiger partial charge on any atom is -0.461 e. The van der Waals surface area contributed by atoms with Crippen LogP contribution >= 0.6 is 27.3 Å². The van der Waals surface area contributed by atoms with Crippen LogP contribution in [0.15, 0.2) is 22.2 Å². The average molecular weight is 344 g/mol. The zero-order valence-electron chi connectivity index (χ0n) is 10.4. The lowest BCUT2D eigenvalue weighted by Crippen LogP contribution is -2.10. The molecule has 2 N–H and O–H groups in total. The first kappa shape index (κ1) is 14.1. The van der Waals surface area contributed by atoms with Crippen molar-refractivity contribution < 1.29 is 9.53 Å². The summed E-state index contributed by atoms with van der Waals surface area (Å²) in [6.45, 7) is 2.75. The van der Waals surface area contributed by atoms with E-state index in [1.165, 1.54) is 4.88 Å². The molecule has 19 heavy (non-hydrogen) atoms.